The molecule has 0 radical (unpaired) electrons. The summed E-state index contributed by atoms with van der Waals surface area (Å²) in [6.07, 6.45) is 1.46. The Morgan fingerprint density at radius 1 is 1.21 bits per heavy atom. The molecule has 0 amide bonds. The summed E-state index contributed by atoms with van der Waals surface area (Å²) in [5.74, 6) is 1.98. The van der Waals surface area contributed by atoms with Gasteiger partial charge in [-0.2, -0.15) is 5.10 Å². The second-order valence-electron chi connectivity index (χ2n) is 5.06. The van der Waals surface area contributed by atoms with E-state index in [1.54, 1.807) is 7.11 Å². The van der Waals surface area contributed by atoms with Gasteiger partial charge >= 0.3 is 0 Å². The molecular formula is C17H17BrN4O2. The first-order chi connectivity index (χ1) is 11.8. The Kier molecular flexibility index (Phi) is 5.32. The standard InChI is InChI=1S/C17H17BrN4O2/c1-23-15-8-14(18)7-13(9-19-17-20-11-21-22-17)16(15)24-10-12-5-3-2-4-6-12/h2-8,11H,9-10H2,1H3,(H2,19,20,21,22). The Balaban J connectivity index is 1.81. The Hall–Kier alpha value is -2.54. The average Bonchev–Trinajstić information content (AvgIpc) is 3.13. The molecule has 0 bridgehead atoms. The van der Waals surface area contributed by atoms with Crippen molar-refractivity contribution in [2.45, 2.75) is 13.2 Å². The molecule has 7 heteroatoms. The number of H-pyrrole nitrogens is 1. The first kappa shape index (κ1) is 16.3. The summed E-state index contributed by atoms with van der Waals surface area (Å²) in [4.78, 5) is 4.06. The van der Waals surface area contributed by atoms with Crippen molar-refractivity contribution < 1.29 is 9.47 Å². The topological polar surface area (TPSA) is 72.1 Å². The van der Waals surface area contributed by atoms with Crippen LogP contribution in [0, 0.1) is 0 Å². The number of ether oxygens (including phenoxy) is 2. The first-order valence-corrected chi connectivity index (χ1v) is 8.18. The smallest absolute Gasteiger partial charge is 0.218 e. The van der Waals surface area contributed by atoms with Gasteiger partial charge in [-0.05, 0) is 17.7 Å². The average molecular weight is 389 g/mol. The van der Waals surface area contributed by atoms with Crippen LogP contribution < -0.4 is 14.8 Å². The zero-order valence-corrected chi connectivity index (χ0v) is 14.7. The number of benzene rings is 2. The summed E-state index contributed by atoms with van der Waals surface area (Å²) in [5, 5.41) is 9.76. The Bertz CT molecular complexity index is 779. The minimum atomic E-state index is 0.466. The van der Waals surface area contributed by atoms with Crippen LogP contribution in [0.1, 0.15) is 11.1 Å². The van der Waals surface area contributed by atoms with Crippen LogP contribution in [0.5, 0.6) is 11.5 Å². The molecule has 1 heterocycles. The van der Waals surface area contributed by atoms with Gasteiger partial charge < -0.3 is 14.8 Å². The highest BCUT2D eigenvalue weighted by Crippen LogP contribution is 2.35. The molecule has 124 valence electrons. The highest BCUT2D eigenvalue weighted by atomic mass is 79.9. The maximum Gasteiger partial charge on any atom is 0.218 e. The minimum absolute atomic E-state index is 0.466. The van der Waals surface area contributed by atoms with E-state index in [0.717, 1.165) is 15.6 Å². The van der Waals surface area contributed by atoms with Gasteiger partial charge in [0.25, 0.3) is 0 Å². The van der Waals surface area contributed by atoms with Crippen LogP contribution in [-0.4, -0.2) is 22.3 Å². The normalized spacial score (nSPS) is 10.4. The summed E-state index contributed by atoms with van der Waals surface area (Å²) >= 11 is 3.50. The fraction of sp³-hybridized carbons (Fsp3) is 0.176. The Morgan fingerprint density at radius 2 is 2.04 bits per heavy atom. The number of nitrogens with zero attached hydrogens (tertiary/aromatic N) is 2. The van der Waals surface area contributed by atoms with Gasteiger partial charge in [0.1, 0.15) is 12.9 Å². The van der Waals surface area contributed by atoms with E-state index in [2.05, 4.69) is 36.4 Å². The van der Waals surface area contributed by atoms with Crippen molar-refractivity contribution >= 4 is 21.9 Å². The van der Waals surface area contributed by atoms with Crippen LogP contribution >= 0.6 is 15.9 Å². The SMILES string of the molecule is COc1cc(Br)cc(CNc2ncn[nH]2)c1OCc1ccccc1. The maximum absolute atomic E-state index is 6.04. The van der Waals surface area contributed by atoms with Gasteiger partial charge in [0, 0.05) is 16.6 Å². The van der Waals surface area contributed by atoms with Crippen molar-refractivity contribution in [3.05, 3.63) is 64.4 Å². The molecule has 0 saturated heterocycles. The van der Waals surface area contributed by atoms with E-state index < -0.39 is 0 Å². The van der Waals surface area contributed by atoms with E-state index in [-0.39, 0.29) is 0 Å². The van der Waals surface area contributed by atoms with Crippen molar-refractivity contribution in [2.75, 3.05) is 12.4 Å². The van der Waals surface area contributed by atoms with E-state index in [4.69, 9.17) is 9.47 Å². The molecule has 0 atom stereocenters. The third-order valence-electron chi connectivity index (χ3n) is 3.40. The molecular weight excluding hydrogens is 372 g/mol. The number of nitrogens with one attached hydrogen (secondary N) is 2. The fourth-order valence-electron chi connectivity index (χ4n) is 2.27. The quantitative estimate of drug-likeness (QED) is 0.644. The zero-order valence-electron chi connectivity index (χ0n) is 13.1. The van der Waals surface area contributed by atoms with Gasteiger partial charge in [0.05, 0.1) is 7.11 Å². The van der Waals surface area contributed by atoms with Gasteiger partial charge in [-0.1, -0.05) is 46.3 Å². The van der Waals surface area contributed by atoms with Crippen LogP contribution in [0.25, 0.3) is 0 Å². The molecule has 0 unspecified atom stereocenters. The number of hydrogen-bond acceptors (Lipinski definition) is 5. The molecule has 0 aliphatic carbocycles. The zero-order chi connectivity index (χ0) is 16.8. The van der Waals surface area contributed by atoms with E-state index in [0.29, 0.717) is 30.6 Å². The summed E-state index contributed by atoms with van der Waals surface area (Å²) < 4.78 is 12.4. The van der Waals surface area contributed by atoms with E-state index in [1.165, 1.54) is 6.33 Å². The van der Waals surface area contributed by atoms with Gasteiger partial charge in [0.15, 0.2) is 11.5 Å². The first-order valence-electron chi connectivity index (χ1n) is 7.38. The van der Waals surface area contributed by atoms with E-state index >= 15 is 0 Å². The fourth-order valence-corrected chi connectivity index (χ4v) is 2.75. The highest BCUT2D eigenvalue weighted by molar-refractivity contribution is 9.10. The number of anilines is 1. The van der Waals surface area contributed by atoms with Crippen LogP contribution in [0.4, 0.5) is 5.95 Å². The van der Waals surface area contributed by atoms with Crippen molar-refractivity contribution in [3.8, 4) is 11.5 Å². The van der Waals surface area contributed by atoms with Crippen LogP contribution in [0.15, 0.2) is 53.3 Å². The van der Waals surface area contributed by atoms with Crippen molar-refractivity contribution in [2.24, 2.45) is 0 Å². The molecule has 2 aromatic carbocycles. The molecule has 3 rings (SSSR count). The van der Waals surface area contributed by atoms with Gasteiger partial charge in [-0.25, -0.2) is 10.1 Å². The lowest BCUT2D eigenvalue weighted by molar-refractivity contribution is 0.281. The van der Waals surface area contributed by atoms with Crippen LogP contribution in [-0.2, 0) is 13.2 Å². The molecule has 0 aliphatic rings. The number of halogens is 1. The molecule has 1 aromatic heterocycles. The van der Waals surface area contributed by atoms with Crippen molar-refractivity contribution in [3.63, 3.8) is 0 Å². The lowest BCUT2D eigenvalue weighted by atomic mass is 10.1. The molecule has 0 fully saturated rings. The molecule has 0 aliphatic heterocycles. The Labute approximate surface area is 148 Å². The van der Waals surface area contributed by atoms with Gasteiger partial charge in [-0.15, -0.1) is 0 Å². The molecule has 0 saturated carbocycles. The molecule has 24 heavy (non-hydrogen) atoms. The third kappa shape index (κ3) is 4.05. The minimum Gasteiger partial charge on any atom is -0.493 e. The number of rotatable bonds is 7. The number of hydrogen-bond donors (Lipinski definition) is 2. The highest BCUT2D eigenvalue weighted by Gasteiger charge is 2.13. The lowest BCUT2D eigenvalue weighted by Gasteiger charge is -2.16. The summed E-state index contributed by atoms with van der Waals surface area (Å²) in [6, 6.07) is 13.9. The molecule has 6 nitrogen and oxygen atoms in total. The predicted molar refractivity (Wildman–Crippen MR) is 95.2 cm³/mol. The van der Waals surface area contributed by atoms with Crippen molar-refractivity contribution in [1.82, 2.24) is 15.2 Å². The number of aromatic amines is 1. The predicted octanol–water partition coefficient (Wildman–Crippen LogP) is 3.77. The van der Waals surface area contributed by atoms with Gasteiger partial charge in [-0.3, -0.25) is 0 Å². The lowest BCUT2D eigenvalue weighted by Crippen LogP contribution is -2.06. The summed E-state index contributed by atoms with van der Waals surface area (Å²) in [7, 11) is 1.63. The molecule has 2 N–H and O–H groups in total. The van der Waals surface area contributed by atoms with Crippen molar-refractivity contribution in [1.29, 1.82) is 0 Å². The maximum atomic E-state index is 6.04. The Morgan fingerprint density at radius 3 is 2.75 bits per heavy atom. The summed E-state index contributed by atoms with van der Waals surface area (Å²) in [6.45, 7) is 0.989. The monoisotopic (exact) mass is 388 g/mol. The summed E-state index contributed by atoms with van der Waals surface area (Å²) in [5.41, 5.74) is 2.05. The second kappa shape index (κ2) is 7.83. The molecule has 0 spiro atoms. The van der Waals surface area contributed by atoms with E-state index in [1.807, 2.05) is 42.5 Å². The number of methoxy groups -OCH3 is 1. The van der Waals surface area contributed by atoms with Gasteiger partial charge in [0.2, 0.25) is 5.95 Å². The van der Waals surface area contributed by atoms with Crippen LogP contribution in [0.3, 0.4) is 0 Å². The molecule has 3 aromatic rings. The van der Waals surface area contributed by atoms with Crippen LogP contribution in [0.2, 0.25) is 0 Å². The largest absolute Gasteiger partial charge is 0.493 e. The van der Waals surface area contributed by atoms with E-state index in [9.17, 15) is 0 Å². The number of aromatic nitrogens is 3. The third-order valence-corrected chi connectivity index (χ3v) is 3.86. The second-order valence-corrected chi connectivity index (χ2v) is 5.97.